The van der Waals surface area contributed by atoms with Gasteiger partial charge in [0.2, 0.25) is 0 Å². The van der Waals surface area contributed by atoms with Crippen LogP contribution >= 0.6 is 28.1 Å². The van der Waals surface area contributed by atoms with Gasteiger partial charge in [-0.05, 0) is 43.9 Å². The molecule has 2 rings (SSSR count). The number of nitrogens with one attached hydrogen (secondary N) is 1. The summed E-state index contributed by atoms with van der Waals surface area (Å²) in [6, 6.07) is 6.49. The third kappa shape index (κ3) is 2.74. The minimum Gasteiger partial charge on any atom is -0.389 e. The van der Waals surface area contributed by atoms with Gasteiger partial charge in [0.25, 0.3) is 0 Å². The molecule has 1 aromatic rings. The first-order chi connectivity index (χ1) is 7.58. The number of halogens is 1. The Bertz CT molecular complexity index is 415. The van der Waals surface area contributed by atoms with E-state index in [1.54, 1.807) is 0 Å². The van der Waals surface area contributed by atoms with Gasteiger partial charge < -0.3 is 11.1 Å². The molecule has 16 heavy (non-hydrogen) atoms. The van der Waals surface area contributed by atoms with Crippen molar-refractivity contribution in [2.75, 3.05) is 5.32 Å². The predicted octanol–water partition coefficient (Wildman–Crippen LogP) is 3.29. The molecule has 4 heteroatoms. The fourth-order valence-corrected chi connectivity index (χ4v) is 2.34. The fraction of sp³-hybridized carbons (Fsp3) is 0.417. The van der Waals surface area contributed by atoms with Gasteiger partial charge in [0.05, 0.1) is 0 Å². The standard InChI is InChI=1S/C12H15BrN2S/c1-7(8-2-3-8)15-11-5-4-9(13)6-10(11)12(14)16/h4-8,15H,2-3H2,1H3,(H2,14,16). The van der Waals surface area contributed by atoms with Crippen molar-refractivity contribution in [1.29, 1.82) is 0 Å². The van der Waals surface area contributed by atoms with Crippen molar-refractivity contribution in [2.24, 2.45) is 11.7 Å². The molecule has 0 amide bonds. The first kappa shape index (κ1) is 11.9. The minimum absolute atomic E-state index is 0.437. The number of rotatable bonds is 4. The molecule has 0 bridgehead atoms. The Labute approximate surface area is 110 Å². The van der Waals surface area contributed by atoms with E-state index in [1.165, 1.54) is 12.8 Å². The first-order valence-electron chi connectivity index (χ1n) is 5.44. The van der Waals surface area contributed by atoms with E-state index in [-0.39, 0.29) is 0 Å². The number of thiocarbonyl (C=S) groups is 1. The number of anilines is 1. The topological polar surface area (TPSA) is 38.0 Å². The molecule has 0 aliphatic heterocycles. The Morgan fingerprint density at radius 2 is 2.25 bits per heavy atom. The number of hydrogen-bond acceptors (Lipinski definition) is 2. The van der Waals surface area contributed by atoms with E-state index in [0.717, 1.165) is 21.6 Å². The minimum atomic E-state index is 0.437. The number of nitrogens with two attached hydrogens (primary N) is 1. The lowest BCUT2D eigenvalue weighted by Crippen LogP contribution is -2.20. The molecule has 0 spiro atoms. The maximum absolute atomic E-state index is 5.72. The lowest BCUT2D eigenvalue weighted by atomic mass is 10.1. The largest absolute Gasteiger partial charge is 0.389 e. The van der Waals surface area contributed by atoms with Crippen LogP contribution in [0.3, 0.4) is 0 Å². The van der Waals surface area contributed by atoms with Crippen LogP contribution in [-0.2, 0) is 0 Å². The average molecular weight is 299 g/mol. The molecule has 0 aromatic heterocycles. The number of hydrogen-bond donors (Lipinski definition) is 2. The molecule has 1 aliphatic carbocycles. The molecule has 3 N–H and O–H groups in total. The second-order valence-electron chi connectivity index (χ2n) is 4.32. The van der Waals surface area contributed by atoms with Crippen LogP contribution in [0.15, 0.2) is 22.7 Å². The SMILES string of the molecule is CC(Nc1ccc(Br)cc1C(N)=S)C1CC1. The monoisotopic (exact) mass is 298 g/mol. The van der Waals surface area contributed by atoms with Crippen molar-refractivity contribution < 1.29 is 0 Å². The molecular formula is C12H15BrN2S. The zero-order valence-corrected chi connectivity index (χ0v) is 11.6. The summed E-state index contributed by atoms with van der Waals surface area (Å²) in [5, 5.41) is 3.49. The van der Waals surface area contributed by atoms with Gasteiger partial charge in [-0.25, -0.2) is 0 Å². The average Bonchev–Trinajstić information content (AvgIpc) is 3.03. The van der Waals surface area contributed by atoms with Gasteiger partial charge in [-0.3, -0.25) is 0 Å². The van der Waals surface area contributed by atoms with E-state index >= 15 is 0 Å². The first-order valence-corrected chi connectivity index (χ1v) is 6.64. The second-order valence-corrected chi connectivity index (χ2v) is 5.68. The Morgan fingerprint density at radius 1 is 1.56 bits per heavy atom. The van der Waals surface area contributed by atoms with Crippen LogP contribution in [0.4, 0.5) is 5.69 Å². The highest BCUT2D eigenvalue weighted by Crippen LogP contribution is 2.34. The molecule has 1 fully saturated rings. The highest BCUT2D eigenvalue weighted by molar-refractivity contribution is 9.10. The van der Waals surface area contributed by atoms with Crippen molar-refractivity contribution in [3.05, 3.63) is 28.2 Å². The van der Waals surface area contributed by atoms with Crippen molar-refractivity contribution in [1.82, 2.24) is 0 Å². The van der Waals surface area contributed by atoms with Gasteiger partial charge in [-0.2, -0.15) is 0 Å². The van der Waals surface area contributed by atoms with E-state index in [2.05, 4.69) is 28.2 Å². The van der Waals surface area contributed by atoms with E-state index in [4.69, 9.17) is 18.0 Å². The third-order valence-electron chi connectivity index (χ3n) is 2.96. The van der Waals surface area contributed by atoms with Crippen molar-refractivity contribution >= 4 is 38.8 Å². The maximum Gasteiger partial charge on any atom is 0.106 e. The summed E-state index contributed by atoms with van der Waals surface area (Å²) in [5.41, 5.74) is 7.67. The van der Waals surface area contributed by atoms with Crippen LogP contribution in [0.2, 0.25) is 0 Å². The lowest BCUT2D eigenvalue weighted by Gasteiger charge is -2.17. The normalized spacial score (nSPS) is 16.9. The summed E-state index contributed by atoms with van der Waals surface area (Å²) >= 11 is 8.49. The molecule has 86 valence electrons. The van der Waals surface area contributed by atoms with Gasteiger partial charge in [-0.15, -0.1) is 0 Å². The summed E-state index contributed by atoms with van der Waals surface area (Å²) in [4.78, 5) is 0.437. The molecule has 0 saturated heterocycles. The Kier molecular flexibility index (Phi) is 3.50. The molecule has 0 heterocycles. The molecule has 0 radical (unpaired) electrons. The summed E-state index contributed by atoms with van der Waals surface area (Å²) < 4.78 is 1.000. The van der Waals surface area contributed by atoms with Gasteiger partial charge >= 0.3 is 0 Å². The highest BCUT2D eigenvalue weighted by Gasteiger charge is 2.28. The lowest BCUT2D eigenvalue weighted by molar-refractivity contribution is 0.694. The van der Waals surface area contributed by atoms with Crippen LogP contribution in [0.1, 0.15) is 25.3 Å². The summed E-state index contributed by atoms with van der Waals surface area (Å²) in [5.74, 6) is 0.808. The predicted molar refractivity (Wildman–Crippen MR) is 75.8 cm³/mol. The zero-order chi connectivity index (χ0) is 11.7. The van der Waals surface area contributed by atoms with Gasteiger partial charge in [0, 0.05) is 21.8 Å². The van der Waals surface area contributed by atoms with Gasteiger partial charge in [0.1, 0.15) is 4.99 Å². The van der Waals surface area contributed by atoms with Crippen LogP contribution < -0.4 is 11.1 Å². The van der Waals surface area contributed by atoms with Crippen LogP contribution in [0.5, 0.6) is 0 Å². The summed E-state index contributed by atoms with van der Waals surface area (Å²) in [6.45, 7) is 2.21. The summed E-state index contributed by atoms with van der Waals surface area (Å²) in [6.07, 6.45) is 2.65. The second kappa shape index (κ2) is 4.72. The molecule has 2 nitrogen and oxygen atoms in total. The van der Waals surface area contributed by atoms with E-state index in [9.17, 15) is 0 Å². The molecule has 1 aromatic carbocycles. The van der Waals surface area contributed by atoms with E-state index in [1.807, 2.05) is 18.2 Å². The Balaban J connectivity index is 2.21. The molecule has 1 atom stereocenters. The molecular weight excluding hydrogens is 284 g/mol. The van der Waals surface area contributed by atoms with E-state index < -0.39 is 0 Å². The fourth-order valence-electron chi connectivity index (χ4n) is 1.81. The van der Waals surface area contributed by atoms with Crippen LogP contribution in [-0.4, -0.2) is 11.0 Å². The molecule has 1 saturated carbocycles. The van der Waals surface area contributed by atoms with E-state index in [0.29, 0.717) is 11.0 Å². The molecule has 1 unspecified atom stereocenters. The smallest absolute Gasteiger partial charge is 0.106 e. The van der Waals surface area contributed by atoms with Crippen LogP contribution in [0.25, 0.3) is 0 Å². The Hall–Kier alpha value is -0.610. The van der Waals surface area contributed by atoms with Crippen molar-refractivity contribution in [3.63, 3.8) is 0 Å². The molecule has 1 aliphatic rings. The highest BCUT2D eigenvalue weighted by atomic mass is 79.9. The zero-order valence-electron chi connectivity index (χ0n) is 9.16. The number of benzene rings is 1. The van der Waals surface area contributed by atoms with Gasteiger partial charge in [-0.1, -0.05) is 28.1 Å². The maximum atomic E-state index is 5.72. The van der Waals surface area contributed by atoms with Gasteiger partial charge in [0.15, 0.2) is 0 Å². The van der Waals surface area contributed by atoms with Crippen molar-refractivity contribution in [3.8, 4) is 0 Å². The van der Waals surface area contributed by atoms with Crippen molar-refractivity contribution in [2.45, 2.75) is 25.8 Å². The Morgan fingerprint density at radius 3 is 2.81 bits per heavy atom. The quantitative estimate of drug-likeness (QED) is 0.838. The van der Waals surface area contributed by atoms with Crippen LogP contribution in [0, 0.1) is 5.92 Å². The summed E-state index contributed by atoms with van der Waals surface area (Å²) in [7, 11) is 0. The third-order valence-corrected chi connectivity index (χ3v) is 3.67.